The molecule has 1 radical (unpaired) electrons. The average Bonchev–Trinajstić information content (AvgIpc) is 3.35. The van der Waals surface area contributed by atoms with Crippen molar-refractivity contribution in [2.75, 3.05) is 0 Å². The van der Waals surface area contributed by atoms with E-state index in [1.54, 1.807) is 24.7 Å². The van der Waals surface area contributed by atoms with E-state index in [-0.39, 0.29) is 36.8 Å². The first-order valence-corrected chi connectivity index (χ1v) is 18.3. The molecule has 235 valence electrons. The second kappa shape index (κ2) is 13.0. The number of benzene rings is 2. The first-order valence-electron chi connectivity index (χ1n) is 14.8. The Kier molecular flexibility index (Phi) is 9.93. The van der Waals surface area contributed by atoms with Gasteiger partial charge in [-0.15, -0.1) is 48.0 Å². The van der Waals surface area contributed by atoms with Gasteiger partial charge in [-0.1, -0.05) is 84.3 Å². The summed E-state index contributed by atoms with van der Waals surface area (Å²) in [6.45, 7) is 19.9. The number of nitrogens with zero attached hydrogens (tertiary/aromatic N) is 4. The minimum atomic E-state index is -1.58. The molecule has 8 heteroatoms. The van der Waals surface area contributed by atoms with E-state index >= 15 is 0 Å². The maximum Gasteiger partial charge on any atom is 0.124 e. The molecule has 0 aliphatic rings. The minimum Gasteiger partial charge on any atom is -0.500 e. The number of furan rings is 1. The molecule has 4 heterocycles. The van der Waals surface area contributed by atoms with E-state index in [0.717, 1.165) is 44.5 Å². The van der Waals surface area contributed by atoms with Crippen LogP contribution in [0.3, 0.4) is 0 Å². The Morgan fingerprint density at radius 3 is 2.11 bits per heavy atom. The smallest absolute Gasteiger partial charge is 0.124 e. The van der Waals surface area contributed by atoms with E-state index in [9.17, 15) is 4.39 Å². The van der Waals surface area contributed by atoms with Crippen LogP contribution in [0.25, 0.3) is 44.6 Å². The van der Waals surface area contributed by atoms with Gasteiger partial charge >= 0.3 is 0 Å². The van der Waals surface area contributed by atoms with E-state index in [2.05, 4.69) is 100 Å². The van der Waals surface area contributed by atoms with Crippen LogP contribution in [0.15, 0.2) is 77.6 Å². The van der Waals surface area contributed by atoms with Gasteiger partial charge in [-0.2, -0.15) is 0 Å². The second-order valence-corrected chi connectivity index (χ2v) is 19.1. The molecule has 0 unspecified atom stereocenters. The molecule has 0 amide bonds. The Labute approximate surface area is 280 Å². The zero-order valence-electron chi connectivity index (χ0n) is 27.3. The first kappa shape index (κ1) is 34.3. The fourth-order valence-corrected chi connectivity index (χ4v) is 5.80. The average molecular weight is 795 g/mol. The molecule has 0 spiro atoms. The minimum absolute atomic E-state index is 0. The SMILES string of the molecule is CC(C)(C)c1cnc(-c2[c-]cc(F)cc2)nc1.CC(C)(C)c1nc([Si](C)(C)C)cc2oc3c(-c4ccccn4)[c-]ccc3c12.[Ir]. The zero-order chi connectivity index (χ0) is 31.9. The molecule has 4 aromatic heterocycles. The van der Waals surface area contributed by atoms with Gasteiger partial charge in [-0.05, 0) is 28.8 Å². The summed E-state index contributed by atoms with van der Waals surface area (Å²) in [7, 11) is -1.58. The molecule has 0 fully saturated rings. The van der Waals surface area contributed by atoms with Gasteiger partial charge in [0.1, 0.15) is 13.7 Å². The molecular weight excluding hydrogens is 756 g/mol. The van der Waals surface area contributed by atoms with Crippen molar-refractivity contribution in [3.05, 3.63) is 102 Å². The molecule has 0 aliphatic heterocycles. The van der Waals surface area contributed by atoms with Crippen LogP contribution in [0, 0.1) is 17.9 Å². The van der Waals surface area contributed by atoms with Crippen molar-refractivity contribution in [2.24, 2.45) is 0 Å². The Balaban J connectivity index is 0.000000222. The van der Waals surface area contributed by atoms with E-state index in [1.807, 2.05) is 24.3 Å². The Hall–Kier alpha value is -3.58. The van der Waals surface area contributed by atoms with Gasteiger partial charge in [0.25, 0.3) is 0 Å². The summed E-state index contributed by atoms with van der Waals surface area (Å²) >= 11 is 0. The van der Waals surface area contributed by atoms with Crippen molar-refractivity contribution in [3.8, 4) is 22.6 Å². The molecule has 6 aromatic rings. The molecular formula is C37H39FIrN4OSi-2. The number of hydrogen-bond acceptors (Lipinski definition) is 5. The van der Waals surface area contributed by atoms with Crippen LogP contribution in [0.5, 0.6) is 0 Å². The largest absolute Gasteiger partial charge is 0.500 e. The topological polar surface area (TPSA) is 64.7 Å². The number of hydrogen-bond donors (Lipinski definition) is 0. The number of fused-ring (bicyclic) bond motifs is 3. The first-order chi connectivity index (χ1) is 20.6. The number of pyridine rings is 2. The van der Waals surface area contributed by atoms with Crippen LogP contribution in [0.4, 0.5) is 4.39 Å². The van der Waals surface area contributed by atoms with E-state index < -0.39 is 8.07 Å². The molecule has 0 N–H and O–H groups in total. The van der Waals surface area contributed by atoms with E-state index in [1.165, 1.54) is 17.4 Å². The summed E-state index contributed by atoms with van der Waals surface area (Å²) in [6, 6.07) is 22.5. The molecule has 2 aromatic carbocycles. The summed E-state index contributed by atoms with van der Waals surface area (Å²) in [5.41, 5.74) is 6.37. The predicted molar refractivity (Wildman–Crippen MR) is 180 cm³/mol. The second-order valence-electron chi connectivity index (χ2n) is 14.1. The summed E-state index contributed by atoms with van der Waals surface area (Å²) in [6.07, 6.45) is 5.41. The third-order valence-corrected chi connectivity index (χ3v) is 9.14. The predicted octanol–water partition coefficient (Wildman–Crippen LogP) is 9.06. The van der Waals surface area contributed by atoms with Gasteiger partial charge in [0.05, 0.1) is 17.1 Å². The normalized spacial score (nSPS) is 12.0. The number of aromatic nitrogens is 4. The fraction of sp³-hybridized carbons (Fsp3) is 0.297. The van der Waals surface area contributed by atoms with Gasteiger partial charge in [0.15, 0.2) is 0 Å². The molecule has 6 rings (SSSR count). The quantitative estimate of drug-likeness (QED) is 0.132. The molecule has 0 bridgehead atoms. The van der Waals surface area contributed by atoms with Crippen LogP contribution in [-0.4, -0.2) is 28.0 Å². The van der Waals surface area contributed by atoms with Crippen molar-refractivity contribution >= 4 is 35.3 Å². The van der Waals surface area contributed by atoms with Crippen molar-refractivity contribution in [2.45, 2.75) is 72.0 Å². The van der Waals surface area contributed by atoms with Crippen molar-refractivity contribution in [3.63, 3.8) is 0 Å². The van der Waals surface area contributed by atoms with Gasteiger partial charge < -0.3 is 9.40 Å². The zero-order valence-corrected chi connectivity index (χ0v) is 30.7. The van der Waals surface area contributed by atoms with E-state index in [0.29, 0.717) is 11.4 Å². The van der Waals surface area contributed by atoms with Crippen molar-refractivity contribution in [1.29, 1.82) is 0 Å². The Morgan fingerprint density at radius 1 is 0.844 bits per heavy atom. The molecule has 0 saturated carbocycles. The van der Waals surface area contributed by atoms with Gasteiger partial charge in [0.2, 0.25) is 0 Å². The maximum atomic E-state index is 12.8. The van der Waals surface area contributed by atoms with Crippen LogP contribution in [-0.2, 0) is 30.9 Å². The third-order valence-electron chi connectivity index (χ3n) is 7.35. The summed E-state index contributed by atoms with van der Waals surface area (Å²) < 4.78 is 19.2. The summed E-state index contributed by atoms with van der Waals surface area (Å²) in [5.74, 6) is 0.262. The van der Waals surface area contributed by atoms with Crippen LogP contribution < -0.4 is 5.32 Å². The number of halogens is 1. The van der Waals surface area contributed by atoms with Gasteiger partial charge in [-0.3, -0.25) is 19.3 Å². The Morgan fingerprint density at radius 2 is 1.56 bits per heavy atom. The number of rotatable bonds is 3. The summed E-state index contributed by atoms with van der Waals surface area (Å²) in [4.78, 5) is 18.2. The van der Waals surface area contributed by atoms with Gasteiger partial charge in [-0.25, -0.2) is 0 Å². The van der Waals surface area contributed by atoms with Crippen molar-refractivity contribution < 1.29 is 28.9 Å². The van der Waals surface area contributed by atoms with Crippen LogP contribution >= 0.6 is 0 Å². The van der Waals surface area contributed by atoms with Crippen molar-refractivity contribution in [1.82, 2.24) is 19.9 Å². The fourth-order valence-electron chi connectivity index (χ4n) is 4.79. The van der Waals surface area contributed by atoms with Gasteiger partial charge in [0, 0.05) is 60.6 Å². The molecule has 5 nitrogen and oxygen atoms in total. The monoisotopic (exact) mass is 795 g/mol. The van der Waals surface area contributed by atoms with Crippen LogP contribution in [0.2, 0.25) is 19.6 Å². The summed E-state index contributed by atoms with van der Waals surface area (Å²) in [5, 5.41) is 3.39. The third kappa shape index (κ3) is 7.63. The molecule has 0 atom stereocenters. The van der Waals surface area contributed by atoms with E-state index in [4.69, 9.17) is 9.40 Å². The molecule has 0 aliphatic carbocycles. The molecule has 0 saturated heterocycles. The Bertz CT molecular complexity index is 1900. The maximum absolute atomic E-state index is 12.8. The molecule has 45 heavy (non-hydrogen) atoms. The van der Waals surface area contributed by atoms with Crippen LogP contribution in [0.1, 0.15) is 52.8 Å². The standard InChI is InChI=1S/C23H25N2OSi.C14H14FN2.Ir/c1-23(2,3)22-20-16-11-9-10-15(17-12-7-8-13-24-17)21(16)26-18(20)14-19(25-22)27(4,5)6;1-14(2,3)11-8-16-13(17-9-11)10-4-6-12(15)7-5-10;/h7-9,11-14H,1-6H3;4,6-9H,1-3H3;/q2*-1;.